The van der Waals surface area contributed by atoms with E-state index in [2.05, 4.69) is 31.2 Å². The van der Waals surface area contributed by atoms with Gasteiger partial charge in [-0.05, 0) is 37.5 Å². The molecule has 1 nitrogen and oxygen atoms in total. The van der Waals surface area contributed by atoms with Crippen molar-refractivity contribution in [2.24, 2.45) is 0 Å². The van der Waals surface area contributed by atoms with Gasteiger partial charge in [0.2, 0.25) is 0 Å². The van der Waals surface area contributed by atoms with Crippen molar-refractivity contribution in [3.8, 4) is 11.3 Å². The Morgan fingerprint density at radius 2 is 1.75 bits per heavy atom. The van der Waals surface area contributed by atoms with Gasteiger partial charge in [0.1, 0.15) is 11.5 Å². The summed E-state index contributed by atoms with van der Waals surface area (Å²) < 4.78 is 5.59. The van der Waals surface area contributed by atoms with E-state index in [9.17, 15) is 0 Å². The van der Waals surface area contributed by atoms with Gasteiger partial charge in [-0.15, -0.1) is 0 Å². The first-order chi connectivity index (χ1) is 7.79. The van der Waals surface area contributed by atoms with Crippen molar-refractivity contribution in [3.05, 3.63) is 47.7 Å². The molecule has 0 bridgehead atoms. The molecule has 0 radical (unpaired) electrons. The molecule has 0 saturated heterocycles. The van der Waals surface area contributed by atoms with Crippen molar-refractivity contribution in [2.75, 3.05) is 0 Å². The molecule has 1 heteroatoms. The largest absolute Gasteiger partial charge is 0.461 e. The van der Waals surface area contributed by atoms with Gasteiger partial charge in [-0.1, -0.05) is 37.6 Å². The van der Waals surface area contributed by atoms with Gasteiger partial charge in [-0.25, -0.2) is 0 Å². The minimum Gasteiger partial charge on any atom is -0.461 e. The van der Waals surface area contributed by atoms with Gasteiger partial charge in [0.15, 0.2) is 0 Å². The second-order valence-electron chi connectivity index (χ2n) is 4.21. The third-order valence-corrected chi connectivity index (χ3v) is 2.80. The molecule has 16 heavy (non-hydrogen) atoms. The van der Waals surface area contributed by atoms with Gasteiger partial charge in [-0.3, -0.25) is 0 Å². The average Bonchev–Trinajstić information content (AvgIpc) is 2.74. The van der Waals surface area contributed by atoms with Crippen LogP contribution in [0.3, 0.4) is 0 Å². The van der Waals surface area contributed by atoms with E-state index >= 15 is 0 Å². The monoisotopic (exact) mass is 214 g/mol. The lowest BCUT2D eigenvalue weighted by molar-refractivity contribution is 0.548. The third-order valence-electron chi connectivity index (χ3n) is 2.80. The van der Waals surface area contributed by atoms with Crippen LogP contribution in [0.25, 0.3) is 11.3 Å². The molecule has 2 rings (SSSR count). The van der Waals surface area contributed by atoms with Crippen molar-refractivity contribution in [2.45, 2.75) is 33.1 Å². The molecule has 0 spiro atoms. The van der Waals surface area contributed by atoms with E-state index in [1.807, 2.05) is 19.1 Å². The number of furan rings is 1. The van der Waals surface area contributed by atoms with E-state index in [-0.39, 0.29) is 0 Å². The Hall–Kier alpha value is -1.50. The number of benzene rings is 1. The molecule has 0 aliphatic heterocycles. The Labute approximate surface area is 97.1 Å². The SMILES string of the molecule is CCCCc1ccc(-c2ccc(C)o2)cc1. The lowest BCUT2D eigenvalue weighted by atomic mass is 10.1. The van der Waals surface area contributed by atoms with Crippen LogP contribution in [0.1, 0.15) is 31.1 Å². The lowest BCUT2D eigenvalue weighted by Gasteiger charge is -2.01. The summed E-state index contributed by atoms with van der Waals surface area (Å²) in [6.45, 7) is 4.19. The lowest BCUT2D eigenvalue weighted by Crippen LogP contribution is -1.84. The maximum atomic E-state index is 5.59. The molecule has 1 heterocycles. The predicted octanol–water partition coefficient (Wildman–Crippen LogP) is 4.60. The minimum absolute atomic E-state index is 0.958. The molecule has 0 amide bonds. The fraction of sp³-hybridized carbons (Fsp3) is 0.333. The number of hydrogen-bond donors (Lipinski definition) is 0. The Balaban J connectivity index is 2.13. The first-order valence-electron chi connectivity index (χ1n) is 5.95. The van der Waals surface area contributed by atoms with E-state index < -0.39 is 0 Å². The summed E-state index contributed by atoms with van der Waals surface area (Å²) in [4.78, 5) is 0. The highest BCUT2D eigenvalue weighted by Crippen LogP contribution is 2.22. The summed E-state index contributed by atoms with van der Waals surface area (Å²) >= 11 is 0. The zero-order chi connectivity index (χ0) is 11.4. The first kappa shape index (κ1) is 11.0. The van der Waals surface area contributed by atoms with Crippen LogP contribution < -0.4 is 0 Å². The maximum Gasteiger partial charge on any atom is 0.134 e. The Morgan fingerprint density at radius 1 is 1.00 bits per heavy atom. The van der Waals surface area contributed by atoms with Gasteiger partial charge in [-0.2, -0.15) is 0 Å². The zero-order valence-corrected chi connectivity index (χ0v) is 9.99. The molecule has 0 fully saturated rings. The predicted molar refractivity (Wildman–Crippen MR) is 67.5 cm³/mol. The molecule has 2 aromatic rings. The smallest absolute Gasteiger partial charge is 0.134 e. The van der Waals surface area contributed by atoms with E-state index in [1.165, 1.54) is 24.8 Å². The topological polar surface area (TPSA) is 13.1 Å². The standard InChI is InChI=1S/C15H18O/c1-3-4-5-13-7-9-14(10-8-13)15-11-6-12(2)16-15/h6-11H,3-5H2,1-2H3. The van der Waals surface area contributed by atoms with E-state index in [0.29, 0.717) is 0 Å². The van der Waals surface area contributed by atoms with Gasteiger partial charge in [0.05, 0.1) is 0 Å². The summed E-state index contributed by atoms with van der Waals surface area (Å²) in [7, 11) is 0. The number of unbranched alkanes of at least 4 members (excludes halogenated alkanes) is 1. The van der Waals surface area contributed by atoms with Crippen molar-refractivity contribution in [3.63, 3.8) is 0 Å². The van der Waals surface area contributed by atoms with Crippen molar-refractivity contribution < 1.29 is 4.42 Å². The van der Waals surface area contributed by atoms with E-state index in [4.69, 9.17) is 4.42 Å². The Bertz CT molecular complexity index is 437. The van der Waals surface area contributed by atoms with Crippen LogP contribution >= 0.6 is 0 Å². The molecule has 0 aliphatic carbocycles. The Morgan fingerprint density at radius 3 is 2.31 bits per heavy atom. The highest BCUT2D eigenvalue weighted by Gasteiger charge is 2.01. The fourth-order valence-corrected chi connectivity index (χ4v) is 1.81. The molecule has 0 aliphatic rings. The molecule has 0 saturated carbocycles. The highest BCUT2D eigenvalue weighted by atomic mass is 16.3. The van der Waals surface area contributed by atoms with Crippen LogP contribution in [0.2, 0.25) is 0 Å². The summed E-state index contributed by atoms with van der Waals surface area (Å²) in [6, 6.07) is 12.7. The number of aryl methyl sites for hydroxylation is 2. The third kappa shape index (κ3) is 2.54. The van der Waals surface area contributed by atoms with Crippen LogP contribution in [0.5, 0.6) is 0 Å². The number of rotatable bonds is 4. The van der Waals surface area contributed by atoms with Crippen LogP contribution in [0.15, 0.2) is 40.8 Å². The van der Waals surface area contributed by atoms with Gasteiger partial charge >= 0.3 is 0 Å². The van der Waals surface area contributed by atoms with Gasteiger partial charge in [0.25, 0.3) is 0 Å². The van der Waals surface area contributed by atoms with Crippen LogP contribution in [-0.2, 0) is 6.42 Å². The highest BCUT2D eigenvalue weighted by molar-refractivity contribution is 5.57. The maximum absolute atomic E-state index is 5.59. The van der Waals surface area contributed by atoms with Gasteiger partial charge in [0, 0.05) is 5.56 Å². The second kappa shape index (κ2) is 5.02. The second-order valence-corrected chi connectivity index (χ2v) is 4.21. The molecule has 0 atom stereocenters. The molecule has 0 unspecified atom stereocenters. The van der Waals surface area contributed by atoms with Crippen LogP contribution in [0, 0.1) is 6.92 Å². The van der Waals surface area contributed by atoms with Crippen LogP contribution in [0.4, 0.5) is 0 Å². The summed E-state index contributed by atoms with van der Waals surface area (Å²) in [5, 5.41) is 0. The summed E-state index contributed by atoms with van der Waals surface area (Å²) in [5.74, 6) is 1.92. The normalized spacial score (nSPS) is 10.6. The molecule has 1 aromatic heterocycles. The summed E-state index contributed by atoms with van der Waals surface area (Å²) in [5.41, 5.74) is 2.57. The minimum atomic E-state index is 0.958. The number of hydrogen-bond acceptors (Lipinski definition) is 1. The molecular formula is C15H18O. The first-order valence-corrected chi connectivity index (χ1v) is 5.95. The molecule has 1 aromatic carbocycles. The fourth-order valence-electron chi connectivity index (χ4n) is 1.81. The molecular weight excluding hydrogens is 196 g/mol. The van der Waals surface area contributed by atoms with Crippen LogP contribution in [-0.4, -0.2) is 0 Å². The van der Waals surface area contributed by atoms with Crippen molar-refractivity contribution >= 4 is 0 Å². The zero-order valence-electron chi connectivity index (χ0n) is 9.99. The Kier molecular flexibility index (Phi) is 3.45. The van der Waals surface area contributed by atoms with Crippen molar-refractivity contribution in [1.29, 1.82) is 0 Å². The van der Waals surface area contributed by atoms with E-state index in [1.54, 1.807) is 0 Å². The molecule has 0 N–H and O–H groups in total. The van der Waals surface area contributed by atoms with E-state index in [0.717, 1.165) is 17.1 Å². The summed E-state index contributed by atoms with van der Waals surface area (Å²) in [6.07, 6.45) is 3.69. The quantitative estimate of drug-likeness (QED) is 0.725. The van der Waals surface area contributed by atoms with Gasteiger partial charge < -0.3 is 4.42 Å². The molecule has 84 valence electrons. The average molecular weight is 214 g/mol. The van der Waals surface area contributed by atoms with Crippen molar-refractivity contribution in [1.82, 2.24) is 0 Å².